The van der Waals surface area contributed by atoms with Crippen molar-refractivity contribution in [1.82, 2.24) is 10.2 Å². The van der Waals surface area contributed by atoms with E-state index in [2.05, 4.69) is 12.2 Å². The molecule has 106 valence electrons. The molecule has 2 rings (SSSR count). The third-order valence-electron chi connectivity index (χ3n) is 3.76. The van der Waals surface area contributed by atoms with E-state index in [4.69, 9.17) is 11.6 Å². The molecule has 0 radical (unpaired) electrons. The van der Waals surface area contributed by atoms with Gasteiger partial charge in [0.15, 0.2) is 0 Å². The number of halogens is 1. The number of carbonyl (C=O) groups excluding carboxylic acids is 1. The predicted octanol–water partition coefficient (Wildman–Crippen LogP) is 3.14. The minimum absolute atomic E-state index is 0.255. The van der Waals surface area contributed by atoms with Gasteiger partial charge in [0.25, 0.3) is 0 Å². The van der Waals surface area contributed by atoms with Crippen LogP contribution in [0.3, 0.4) is 0 Å². The van der Waals surface area contributed by atoms with Crippen LogP contribution in [0.1, 0.15) is 31.6 Å². The molecule has 5 heteroatoms. The van der Waals surface area contributed by atoms with Gasteiger partial charge in [0.05, 0.1) is 16.3 Å². The normalized spacial score (nSPS) is 23.3. The van der Waals surface area contributed by atoms with Crippen LogP contribution in [0.25, 0.3) is 0 Å². The Bertz CT molecular complexity index is 440. The monoisotopic (exact) mass is 300 g/mol. The van der Waals surface area contributed by atoms with Gasteiger partial charge in [-0.1, -0.05) is 11.6 Å². The van der Waals surface area contributed by atoms with Gasteiger partial charge in [0.2, 0.25) is 5.91 Å². The maximum absolute atomic E-state index is 12.7. The van der Waals surface area contributed by atoms with Crippen LogP contribution in [0.4, 0.5) is 0 Å². The maximum atomic E-state index is 12.7. The molecule has 1 atom stereocenters. The number of amides is 1. The van der Waals surface area contributed by atoms with Crippen molar-refractivity contribution in [3.8, 4) is 0 Å². The molecule has 1 aliphatic heterocycles. The molecule has 1 fully saturated rings. The fourth-order valence-corrected chi connectivity index (χ4v) is 3.68. The minimum atomic E-state index is -0.255. The van der Waals surface area contributed by atoms with E-state index in [1.807, 2.05) is 24.0 Å². The lowest BCUT2D eigenvalue weighted by atomic mass is 9.81. The lowest BCUT2D eigenvalue weighted by Crippen LogP contribution is -2.49. The van der Waals surface area contributed by atoms with Crippen molar-refractivity contribution in [2.24, 2.45) is 5.41 Å². The van der Waals surface area contributed by atoms with Gasteiger partial charge in [0.1, 0.15) is 0 Å². The van der Waals surface area contributed by atoms with Crippen LogP contribution < -0.4 is 5.32 Å². The first-order chi connectivity index (χ1) is 9.05. The summed E-state index contributed by atoms with van der Waals surface area (Å²) in [6.45, 7) is 7.33. The summed E-state index contributed by atoms with van der Waals surface area (Å²) in [5.41, 5.74) is -0.255. The fourth-order valence-electron chi connectivity index (χ4n) is 2.57. The van der Waals surface area contributed by atoms with E-state index < -0.39 is 0 Å². The van der Waals surface area contributed by atoms with Crippen LogP contribution in [0.2, 0.25) is 4.34 Å². The Kier molecular flexibility index (Phi) is 4.87. The van der Waals surface area contributed by atoms with Crippen molar-refractivity contribution >= 4 is 28.8 Å². The van der Waals surface area contributed by atoms with Crippen molar-refractivity contribution in [2.45, 2.75) is 33.2 Å². The molecule has 1 aliphatic rings. The van der Waals surface area contributed by atoms with Gasteiger partial charge in [-0.25, -0.2) is 0 Å². The first-order valence-electron chi connectivity index (χ1n) is 6.79. The molecule has 19 heavy (non-hydrogen) atoms. The predicted molar refractivity (Wildman–Crippen MR) is 80.6 cm³/mol. The fraction of sp³-hybridized carbons (Fsp3) is 0.643. The Morgan fingerprint density at radius 1 is 1.58 bits per heavy atom. The largest absolute Gasteiger partial charge is 0.337 e. The van der Waals surface area contributed by atoms with Crippen LogP contribution in [-0.4, -0.2) is 30.4 Å². The number of nitrogens with one attached hydrogen (secondary N) is 1. The molecule has 1 saturated heterocycles. The second-order valence-electron chi connectivity index (χ2n) is 5.37. The number of hydrogen-bond acceptors (Lipinski definition) is 3. The zero-order valence-electron chi connectivity index (χ0n) is 11.5. The van der Waals surface area contributed by atoms with E-state index >= 15 is 0 Å². The molecule has 2 heterocycles. The summed E-state index contributed by atoms with van der Waals surface area (Å²) < 4.78 is 0.782. The number of carbonyl (C=O) groups is 1. The van der Waals surface area contributed by atoms with Crippen LogP contribution in [-0.2, 0) is 11.3 Å². The Balaban J connectivity index is 2.06. The zero-order chi connectivity index (χ0) is 13.9. The number of thiophene rings is 1. The highest BCUT2D eigenvalue weighted by molar-refractivity contribution is 7.16. The van der Waals surface area contributed by atoms with Gasteiger partial charge >= 0.3 is 0 Å². The highest BCUT2D eigenvalue weighted by Gasteiger charge is 2.37. The van der Waals surface area contributed by atoms with Gasteiger partial charge in [-0.2, -0.15) is 0 Å². The van der Waals surface area contributed by atoms with Gasteiger partial charge in [0, 0.05) is 18.0 Å². The Hall–Kier alpha value is -0.580. The minimum Gasteiger partial charge on any atom is -0.337 e. The molecule has 0 aromatic carbocycles. The molecule has 1 unspecified atom stereocenters. The lowest BCUT2D eigenvalue weighted by molar-refractivity contribution is -0.142. The van der Waals surface area contributed by atoms with E-state index in [1.54, 1.807) is 11.3 Å². The van der Waals surface area contributed by atoms with Gasteiger partial charge in [-0.15, -0.1) is 11.3 Å². The molecule has 1 aromatic heterocycles. The number of nitrogens with zero attached hydrogens (tertiary/aromatic N) is 1. The van der Waals surface area contributed by atoms with Crippen molar-refractivity contribution in [3.05, 3.63) is 21.3 Å². The highest BCUT2D eigenvalue weighted by atomic mass is 35.5. The first-order valence-corrected chi connectivity index (χ1v) is 7.99. The summed E-state index contributed by atoms with van der Waals surface area (Å²) in [6.07, 6.45) is 2.05. The SMILES string of the molecule is CCN(Cc1ccc(Cl)s1)C(=O)C1(C)CCCNC1. The standard InChI is InChI=1S/C14H21ClN2OS/c1-3-17(9-11-5-6-12(15)19-11)13(18)14(2)7-4-8-16-10-14/h5-6,16H,3-4,7-10H2,1-2H3. The molecule has 1 aromatic rings. The van der Waals surface area contributed by atoms with Crippen molar-refractivity contribution in [3.63, 3.8) is 0 Å². The third-order valence-corrected chi connectivity index (χ3v) is 4.97. The quantitative estimate of drug-likeness (QED) is 0.926. The average Bonchev–Trinajstić information content (AvgIpc) is 2.81. The zero-order valence-corrected chi connectivity index (χ0v) is 13.1. The van der Waals surface area contributed by atoms with Crippen LogP contribution in [0, 0.1) is 5.41 Å². The van der Waals surface area contributed by atoms with Gasteiger partial charge in [-0.3, -0.25) is 4.79 Å². The molecule has 1 N–H and O–H groups in total. The van der Waals surface area contributed by atoms with E-state index in [9.17, 15) is 4.79 Å². The van der Waals surface area contributed by atoms with Gasteiger partial charge in [-0.05, 0) is 45.4 Å². The molecule has 3 nitrogen and oxygen atoms in total. The Labute approximate surface area is 123 Å². The van der Waals surface area contributed by atoms with Gasteiger partial charge < -0.3 is 10.2 Å². The Morgan fingerprint density at radius 2 is 2.37 bits per heavy atom. The van der Waals surface area contributed by atoms with Crippen molar-refractivity contribution in [1.29, 1.82) is 0 Å². The second-order valence-corrected chi connectivity index (χ2v) is 7.17. The average molecular weight is 301 g/mol. The van der Waals surface area contributed by atoms with Crippen LogP contribution in [0.15, 0.2) is 12.1 Å². The van der Waals surface area contributed by atoms with E-state index in [1.165, 1.54) is 0 Å². The molecular weight excluding hydrogens is 280 g/mol. The van der Waals surface area contributed by atoms with Crippen LogP contribution in [0.5, 0.6) is 0 Å². The van der Waals surface area contributed by atoms with Crippen molar-refractivity contribution in [2.75, 3.05) is 19.6 Å². The second kappa shape index (κ2) is 6.25. The summed E-state index contributed by atoms with van der Waals surface area (Å²) in [4.78, 5) is 15.8. The molecular formula is C14H21ClN2OS. The number of piperidine rings is 1. The maximum Gasteiger partial charge on any atom is 0.230 e. The summed E-state index contributed by atoms with van der Waals surface area (Å²) in [5, 5.41) is 3.34. The van der Waals surface area contributed by atoms with E-state index in [-0.39, 0.29) is 11.3 Å². The number of hydrogen-bond donors (Lipinski definition) is 1. The van der Waals surface area contributed by atoms with E-state index in [0.717, 1.165) is 41.7 Å². The lowest BCUT2D eigenvalue weighted by Gasteiger charge is -2.37. The summed E-state index contributed by atoms with van der Waals surface area (Å²) in [7, 11) is 0. The van der Waals surface area contributed by atoms with Crippen molar-refractivity contribution < 1.29 is 4.79 Å². The van der Waals surface area contributed by atoms with Crippen LogP contribution >= 0.6 is 22.9 Å². The molecule has 1 amide bonds. The third kappa shape index (κ3) is 3.50. The Morgan fingerprint density at radius 3 is 2.89 bits per heavy atom. The smallest absolute Gasteiger partial charge is 0.230 e. The summed E-state index contributed by atoms with van der Waals surface area (Å²) in [5.74, 6) is 0.256. The molecule has 0 saturated carbocycles. The molecule has 0 spiro atoms. The molecule has 0 aliphatic carbocycles. The molecule has 0 bridgehead atoms. The van der Waals surface area contributed by atoms with E-state index in [0.29, 0.717) is 6.54 Å². The summed E-state index contributed by atoms with van der Waals surface area (Å²) in [6, 6.07) is 3.90. The highest BCUT2D eigenvalue weighted by Crippen LogP contribution is 2.30. The number of rotatable bonds is 4. The first kappa shape index (κ1) is 14.8. The summed E-state index contributed by atoms with van der Waals surface area (Å²) >= 11 is 7.50. The topological polar surface area (TPSA) is 32.3 Å².